The molecule has 100 valence electrons. The molecule has 0 atom stereocenters. The van der Waals surface area contributed by atoms with Gasteiger partial charge in [-0.2, -0.15) is 0 Å². The van der Waals surface area contributed by atoms with E-state index in [0.29, 0.717) is 0 Å². The molecule has 0 amide bonds. The van der Waals surface area contributed by atoms with Crippen molar-refractivity contribution in [1.29, 1.82) is 0 Å². The molecule has 2 heteroatoms. The fourth-order valence-electron chi connectivity index (χ4n) is 2.91. The predicted octanol–water partition coefficient (Wildman–Crippen LogP) is 3.99. The van der Waals surface area contributed by atoms with E-state index in [0.717, 1.165) is 17.8 Å². The SMILES string of the molecule is c1ccc(C2=C(c3ccccc3)c3nccnc3C2)cc1. The Morgan fingerprint density at radius 2 is 1.29 bits per heavy atom. The number of benzene rings is 2. The topological polar surface area (TPSA) is 25.8 Å². The third-order valence-corrected chi connectivity index (χ3v) is 3.84. The third kappa shape index (κ3) is 2.05. The van der Waals surface area contributed by atoms with Gasteiger partial charge in [0.05, 0.1) is 11.4 Å². The number of rotatable bonds is 2. The van der Waals surface area contributed by atoms with E-state index in [-0.39, 0.29) is 0 Å². The van der Waals surface area contributed by atoms with Crippen molar-refractivity contribution in [3.8, 4) is 0 Å². The van der Waals surface area contributed by atoms with Crippen LogP contribution in [0.15, 0.2) is 73.1 Å². The molecular formula is C19H14N2. The highest BCUT2D eigenvalue weighted by Gasteiger charge is 2.25. The summed E-state index contributed by atoms with van der Waals surface area (Å²) in [6.07, 6.45) is 4.39. The molecule has 2 aromatic carbocycles. The average molecular weight is 270 g/mol. The van der Waals surface area contributed by atoms with Crippen molar-refractivity contribution in [2.45, 2.75) is 6.42 Å². The first-order valence-electron chi connectivity index (χ1n) is 7.08. The minimum absolute atomic E-state index is 0.845. The van der Waals surface area contributed by atoms with Crippen LogP contribution in [-0.2, 0) is 6.42 Å². The lowest BCUT2D eigenvalue weighted by atomic mass is 9.96. The summed E-state index contributed by atoms with van der Waals surface area (Å²) in [6, 6.07) is 21.0. The summed E-state index contributed by atoms with van der Waals surface area (Å²) >= 11 is 0. The summed E-state index contributed by atoms with van der Waals surface area (Å²) in [5.41, 5.74) is 7.05. The highest BCUT2D eigenvalue weighted by molar-refractivity contribution is 6.02. The Morgan fingerprint density at radius 3 is 2.00 bits per heavy atom. The van der Waals surface area contributed by atoms with Crippen LogP contribution >= 0.6 is 0 Å². The first-order chi connectivity index (χ1) is 10.4. The summed E-state index contributed by atoms with van der Waals surface area (Å²) in [6.45, 7) is 0. The van der Waals surface area contributed by atoms with Crippen molar-refractivity contribution in [3.05, 3.63) is 95.6 Å². The van der Waals surface area contributed by atoms with Gasteiger partial charge in [0.2, 0.25) is 0 Å². The van der Waals surface area contributed by atoms with Gasteiger partial charge in [-0.1, -0.05) is 60.7 Å². The molecule has 0 saturated carbocycles. The number of hydrogen-bond donors (Lipinski definition) is 0. The molecule has 1 aliphatic rings. The standard InChI is InChI=1S/C19H14N2/c1-3-7-14(8-4-1)16-13-17-19(21-12-11-20-17)18(16)15-9-5-2-6-10-15/h1-12H,13H2. The first-order valence-corrected chi connectivity index (χ1v) is 7.08. The minimum atomic E-state index is 0.845. The Morgan fingerprint density at radius 1 is 0.667 bits per heavy atom. The van der Waals surface area contributed by atoms with Crippen molar-refractivity contribution >= 4 is 11.1 Å². The monoisotopic (exact) mass is 270 g/mol. The van der Waals surface area contributed by atoms with E-state index in [1.54, 1.807) is 12.4 Å². The van der Waals surface area contributed by atoms with Crippen LogP contribution in [0, 0.1) is 0 Å². The second-order valence-corrected chi connectivity index (χ2v) is 5.11. The van der Waals surface area contributed by atoms with E-state index < -0.39 is 0 Å². The Bertz CT molecular complexity index is 805. The van der Waals surface area contributed by atoms with Crippen LogP contribution in [0.5, 0.6) is 0 Å². The van der Waals surface area contributed by atoms with Crippen LogP contribution in [0.4, 0.5) is 0 Å². The highest BCUT2D eigenvalue weighted by atomic mass is 14.8. The fraction of sp³-hybridized carbons (Fsp3) is 0.0526. The van der Waals surface area contributed by atoms with E-state index in [1.165, 1.54) is 22.3 Å². The first kappa shape index (κ1) is 12.0. The largest absolute Gasteiger partial charge is 0.257 e. The van der Waals surface area contributed by atoms with Crippen LogP contribution < -0.4 is 0 Å². The zero-order chi connectivity index (χ0) is 14.1. The van der Waals surface area contributed by atoms with Gasteiger partial charge < -0.3 is 0 Å². The van der Waals surface area contributed by atoms with Crippen LogP contribution in [0.3, 0.4) is 0 Å². The number of fused-ring (bicyclic) bond motifs is 1. The second-order valence-electron chi connectivity index (χ2n) is 5.11. The van der Waals surface area contributed by atoms with E-state index in [9.17, 15) is 0 Å². The van der Waals surface area contributed by atoms with Crippen molar-refractivity contribution in [3.63, 3.8) is 0 Å². The third-order valence-electron chi connectivity index (χ3n) is 3.84. The van der Waals surface area contributed by atoms with Gasteiger partial charge in [-0.05, 0) is 16.7 Å². The summed E-state index contributed by atoms with van der Waals surface area (Å²) in [5.74, 6) is 0. The number of aromatic nitrogens is 2. The maximum absolute atomic E-state index is 4.57. The lowest BCUT2D eigenvalue weighted by molar-refractivity contribution is 1.07. The molecule has 4 rings (SSSR count). The number of allylic oxidation sites excluding steroid dienone is 1. The lowest BCUT2D eigenvalue weighted by Crippen LogP contribution is -1.93. The minimum Gasteiger partial charge on any atom is -0.257 e. The van der Waals surface area contributed by atoms with Crippen molar-refractivity contribution < 1.29 is 0 Å². The zero-order valence-electron chi connectivity index (χ0n) is 11.5. The molecule has 0 unspecified atom stereocenters. The van der Waals surface area contributed by atoms with Crippen molar-refractivity contribution in [2.24, 2.45) is 0 Å². The maximum atomic E-state index is 4.57. The van der Waals surface area contributed by atoms with Gasteiger partial charge in [-0.15, -0.1) is 0 Å². The normalized spacial score (nSPS) is 13.3. The Labute approximate surface area is 123 Å². The lowest BCUT2D eigenvalue weighted by Gasteiger charge is -2.08. The van der Waals surface area contributed by atoms with Crippen molar-refractivity contribution in [2.75, 3.05) is 0 Å². The Balaban J connectivity index is 1.97. The Kier molecular flexibility index (Phi) is 2.86. The second kappa shape index (κ2) is 4.98. The Hall–Kier alpha value is -2.74. The number of nitrogens with zero attached hydrogens (tertiary/aromatic N) is 2. The molecule has 0 fully saturated rings. The molecular weight excluding hydrogens is 256 g/mol. The van der Waals surface area contributed by atoms with E-state index in [4.69, 9.17) is 0 Å². The highest BCUT2D eigenvalue weighted by Crippen LogP contribution is 2.39. The number of hydrogen-bond acceptors (Lipinski definition) is 2. The van der Waals surface area contributed by atoms with Gasteiger partial charge >= 0.3 is 0 Å². The summed E-state index contributed by atoms with van der Waals surface area (Å²) < 4.78 is 0. The van der Waals surface area contributed by atoms with Gasteiger partial charge in [0.1, 0.15) is 0 Å². The quantitative estimate of drug-likeness (QED) is 0.703. The smallest absolute Gasteiger partial charge is 0.0929 e. The molecule has 3 aromatic rings. The molecule has 1 aliphatic carbocycles. The molecule has 0 bridgehead atoms. The maximum Gasteiger partial charge on any atom is 0.0929 e. The van der Waals surface area contributed by atoms with Gasteiger partial charge in [-0.3, -0.25) is 9.97 Å². The van der Waals surface area contributed by atoms with Crippen molar-refractivity contribution in [1.82, 2.24) is 9.97 Å². The summed E-state index contributed by atoms with van der Waals surface area (Å²) in [4.78, 5) is 9.08. The van der Waals surface area contributed by atoms with Crippen LogP contribution in [0.2, 0.25) is 0 Å². The fourth-order valence-corrected chi connectivity index (χ4v) is 2.91. The molecule has 1 aromatic heterocycles. The van der Waals surface area contributed by atoms with E-state index in [1.807, 2.05) is 12.1 Å². The van der Waals surface area contributed by atoms with E-state index in [2.05, 4.69) is 58.5 Å². The van der Waals surface area contributed by atoms with E-state index >= 15 is 0 Å². The van der Waals surface area contributed by atoms with Crippen LogP contribution in [0.25, 0.3) is 11.1 Å². The summed E-state index contributed by atoms with van der Waals surface area (Å²) in [5, 5.41) is 0. The molecule has 0 spiro atoms. The molecule has 21 heavy (non-hydrogen) atoms. The average Bonchev–Trinajstić information content (AvgIpc) is 2.96. The molecule has 0 radical (unpaired) electrons. The summed E-state index contributed by atoms with van der Waals surface area (Å²) in [7, 11) is 0. The van der Waals surface area contributed by atoms with Crippen LogP contribution in [0.1, 0.15) is 22.5 Å². The molecule has 0 N–H and O–H groups in total. The molecule has 0 saturated heterocycles. The molecule has 2 nitrogen and oxygen atoms in total. The predicted molar refractivity (Wildman–Crippen MR) is 84.5 cm³/mol. The van der Waals surface area contributed by atoms with Gasteiger partial charge in [0.25, 0.3) is 0 Å². The van der Waals surface area contributed by atoms with Crippen LogP contribution in [-0.4, -0.2) is 9.97 Å². The molecule has 0 aliphatic heterocycles. The van der Waals surface area contributed by atoms with Gasteiger partial charge in [-0.25, -0.2) is 0 Å². The zero-order valence-corrected chi connectivity index (χ0v) is 11.5. The van der Waals surface area contributed by atoms with Gasteiger partial charge in [0.15, 0.2) is 0 Å². The van der Waals surface area contributed by atoms with Gasteiger partial charge in [0, 0.05) is 24.4 Å². The molecule has 1 heterocycles.